The lowest BCUT2D eigenvalue weighted by molar-refractivity contribution is -0.0446. The van der Waals surface area contributed by atoms with Crippen LogP contribution in [0, 0.1) is 5.92 Å². The van der Waals surface area contributed by atoms with Crippen LogP contribution in [0.5, 0.6) is 0 Å². The predicted molar refractivity (Wildman–Crippen MR) is 92.4 cm³/mol. The van der Waals surface area contributed by atoms with Crippen LogP contribution in [0.4, 0.5) is 8.78 Å². The van der Waals surface area contributed by atoms with Gasteiger partial charge < -0.3 is 9.72 Å². The smallest absolute Gasteiger partial charge is 0.262 e. The second-order valence-electron chi connectivity index (χ2n) is 8.27. The molecule has 26 heavy (non-hydrogen) atoms. The number of ether oxygens (including phenoxy) is 1. The van der Waals surface area contributed by atoms with Crippen LogP contribution in [0.3, 0.4) is 0 Å². The van der Waals surface area contributed by atoms with E-state index in [2.05, 4.69) is 28.9 Å². The first kappa shape index (κ1) is 17.6. The van der Waals surface area contributed by atoms with Crippen molar-refractivity contribution < 1.29 is 13.5 Å². The van der Waals surface area contributed by atoms with Gasteiger partial charge in [0.15, 0.2) is 5.65 Å². The van der Waals surface area contributed by atoms with Crippen LogP contribution in [0.2, 0.25) is 0 Å². The Morgan fingerprint density at radius 2 is 2.08 bits per heavy atom. The highest BCUT2D eigenvalue weighted by atomic mass is 19.3. The maximum absolute atomic E-state index is 13.4. The molecule has 142 valence electrons. The van der Waals surface area contributed by atoms with Crippen molar-refractivity contribution in [3.63, 3.8) is 0 Å². The van der Waals surface area contributed by atoms with Crippen LogP contribution < -0.4 is 5.56 Å². The van der Waals surface area contributed by atoms with Gasteiger partial charge in [-0.3, -0.25) is 4.79 Å². The summed E-state index contributed by atoms with van der Waals surface area (Å²) in [5.41, 5.74) is 0.122. The molecule has 1 atom stereocenters. The van der Waals surface area contributed by atoms with Gasteiger partial charge in [-0.25, -0.2) is 18.4 Å². The van der Waals surface area contributed by atoms with Crippen LogP contribution in [0.15, 0.2) is 11.0 Å². The Balaban J connectivity index is 1.60. The third kappa shape index (κ3) is 3.39. The summed E-state index contributed by atoms with van der Waals surface area (Å²) in [4.78, 5) is 19.9. The summed E-state index contributed by atoms with van der Waals surface area (Å²) in [5.74, 6) is -1.68. The molecule has 1 N–H and O–H groups in total. The molecule has 1 saturated carbocycles. The van der Waals surface area contributed by atoms with Crippen LogP contribution in [-0.4, -0.2) is 37.9 Å². The lowest BCUT2D eigenvalue weighted by Crippen LogP contribution is -2.27. The molecule has 0 aromatic carbocycles. The summed E-state index contributed by atoms with van der Waals surface area (Å²) in [6.07, 6.45) is 3.41. The fraction of sp³-hybridized carbons (Fsp3) is 0.722. The fourth-order valence-corrected chi connectivity index (χ4v) is 4.18. The fourth-order valence-electron chi connectivity index (χ4n) is 4.18. The van der Waals surface area contributed by atoms with Crippen molar-refractivity contribution in [1.82, 2.24) is 19.7 Å². The summed E-state index contributed by atoms with van der Waals surface area (Å²) in [5, 5.41) is 4.70. The van der Waals surface area contributed by atoms with Gasteiger partial charge >= 0.3 is 0 Å². The van der Waals surface area contributed by atoms with Crippen molar-refractivity contribution in [3.05, 3.63) is 22.4 Å². The molecular weight excluding hydrogens is 342 g/mol. The van der Waals surface area contributed by atoms with Gasteiger partial charge in [0.2, 0.25) is 5.92 Å². The highest BCUT2D eigenvalue weighted by Gasteiger charge is 2.36. The Hall–Kier alpha value is -1.83. The molecule has 0 spiro atoms. The molecule has 2 aromatic heterocycles. The molecule has 0 bridgehead atoms. The summed E-state index contributed by atoms with van der Waals surface area (Å²) in [6, 6.07) is -0.136. The quantitative estimate of drug-likeness (QED) is 0.905. The van der Waals surface area contributed by atoms with Gasteiger partial charge in [0.1, 0.15) is 11.2 Å². The zero-order chi connectivity index (χ0) is 18.5. The number of aromatic nitrogens is 4. The average Bonchev–Trinajstić information content (AvgIpc) is 3.11. The minimum absolute atomic E-state index is 0.136. The second kappa shape index (κ2) is 6.11. The number of nitrogens with one attached hydrogen (secondary N) is 1. The van der Waals surface area contributed by atoms with E-state index in [1.807, 2.05) is 0 Å². The number of fused-ring (bicyclic) bond motifs is 1. The number of alkyl halides is 2. The molecule has 2 fully saturated rings. The molecule has 8 heteroatoms. The Labute approximate surface area is 149 Å². The van der Waals surface area contributed by atoms with Crippen LogP contribution >= 0.6 is 0 Å². The number of nitrogens with zero attached hydrogens (tertiary/aromatic N) is 3. The molecule has 0 amide bonds. The summed E-state index contributed by atoms with van der Waals surface area (Å²) >= 11 is 0. The molecule has 4 rings (SSSR count). The van der Waals surface area contributed by atoms with Crippen molar-refractivity contribution in [2.45, 2.75) is 69.9 Å². The average molecular weight is 366 g/mol. The number of hydrogen-bond donors (Lipinski definition) is 1. The molecule has 2 aromatic rings. The van der Waals surface area contributed by atoms with E-state index in [1.165, 1.54) is 6.20 Å². The van der Waals surface area contributed by atoms with Crippen LogP contribution in [0.1, 0.15) is 57.8 Å². The van der Waals surface area contributed by atoms with E-state index in [0.717, 1.165) is 6.42 Å². The van der Waals surface area contributed by atoms with E-state index >= 15 is 0 Å². The third-order valence-corrected chi connectivity index (χ3v) is 5.52. The van der Waals surface area contributed by atoms with E-state index in [9.17, 15) is 13.6 Å². The molecular formula is C18H24F2N4O2. The Bertz CT molecular complexity index is 864. The highest BCUT2D eigenvalue weighted by molar-refractivity contribution is 5.73. The summed E-state index contributed by atoms with van der Waals surface area (Å²) < 4.78 is 34.3. The first-order chi connectivity index (χ1) is 12.2. The molecule has 6 nitrogen and oxygen atoms in total. The van der Waals surface area contributed by atoms with E-state index < -0.39 is 5.92 Å². The largest absolute Gasteiger partial charge is 0.375 e. The first-order valence-corrected chi connectivity index (χ1v) is 9.21. The molecule has 3 heterocycles. The molecule has 1 saturated heterocycles. The number of rotatable bonds is 3. The Morgan fingerprint density at radius 1 is 1.35 bits per heavy atom. The van der Waals surface area contributed by atoms with Crippen LogP contribution in [-0.2, 0) is 11.2 Å². The Kier molecular flexibility index (Phi) is 4.13. The number of aromatic amines is 1. The van der Waals surface area contributed by atoms with Crippen molar-refractivity contribution >= 4 is 11.0 Å². The van der Waals surface area contributed by atoms with Crippen molar-refractivity contribution in [2.24, 2.45) is 5.92 Å². The SMILES string of the molecule is CC1(C)CC(Cc2nc3c(cnn3C3CCC(F)(F)CC3)c(=O)[nH]2)CO1. The van der Waals surface area contributed by atoms with E-state index in [0.29, 0.717) is 48.6 Å². The zero-order valence-corrected chi connectivity index (χ0v) is 15.1. The van der Waals surface area contributed by atoms with Crippen molar-refractivity contribution in [1.29, 1.82) is 0 Å². The first-order valence-electron chi connectivity index (χ1n) is 9.21. The molecule has 1 unspecified atom stereocenters. The number of halogens is 2. The van der Waals surface area contributed by atoms with Gasteiger partial charge in [0, 0.05) is 19.3 Å². The lowest BCUT2D eigenvalue weighted by Gasteiger charge is -2.28. The van der Waals surface area contributed by atoms with E-state index in [1.54, 1.807) is 4.68 Å². The van der Waals surface area contributed by atoms with E-state index in [4.69, 9.17) is 4.74 Å². The minimum atomic E-state index is -2.59. The second-order valence-corrected chi connectivity index (χ2v) is 8.27. The van der Waals surface area contributed by atoms with Crippen molar-refractivity contribution in [3.8, 4) is 0 Å². The molecule has 0 radical (unpaired) electrons. The van der Waals surface area contributed by atoms with Gasteiger partial charge in [-0.15, -0.1) is 0 Å². The maximum atomic E-state index is 13.4. The summed E-state index contributed by atoms with van der Waals surface area (Å²) in [6.45, 7) is 4.76. The van der Waals surface area contributed by atoms with Gasteiger partial charge in [-0.2, -0.15) is 5.10 Å². The molecule has 2 aliphatic rings. The topological polar surface area (TPSA) is 72.8 Å². The number of hydrogen-bond acceptors (Lipinski definition) is 4. The summed E-state index contributed by atoms with van der Waals surface area (Å²) in [7, 11) is 0. The normalized spacial score (nSPS) is 25.8. The van der Waals surface area contributed by atoms with Crippen molar-refractivity contribution in [2.75, 3.05) is 6.61 Å². The predicted octanol–water partition coefficient (Wildman–Crippen LogP) is 3.23. The van der Waals surface area contributed by atoms with Gasteiger partial charge in [0.05, 0.1) is 24.4 Å². The van der Waals surface area contributed by atoms with Gasteiger partial charge in [-0.1, -0.05) is 0 Å². The van der Waals surface area contributed by atoms with E-state index in [-0.39, 0.29) is 30.0 Å². The maximum Gasteiger partial charge on any atom is 0.262 e. The lowest BCUT2D eigenvalue weighted by atomic mass is 9.92. The molecule has 1 aliphatic carbocycles. The third-order valence-electron chi connectivity index (χ3n) is 5.52. The zero-order valence-electron chi connectivity index (χ0n) is 15.1. The van der Waals surface area contributed by atoms with Gasteiger partial charge in [-0.05, 0) is 39.0 Å². The van der Waals surface area contributed by atoms with Crippen LogP contribution in [0.25, 0.3) is 11.0 Å². The molecule has 1 aliphatic heterocycles. The minimum Gasteiger partial charge on any atom is -0.375 e. The standard InChI is InChI=1S/C18H24F2N4O2/c1-17(2)8-11(10-26-17)7-14-22-15-13(16(25)23-14)9-21-24(15)12-3-5-18(19,20)6-4-12/h9,11-12H,3-8,10H2,1-2H3,(H,22,23,25). The monoisotopic (exact) mass is 366 g/mol. The highest BCUT2D eigenvalue weighted by Crippen LogP contribution is 2.39. The Morgan fingerprint density at radius 3 is 2.73 bits per heavy atom. The number of H-pyrrole nitrogens is 1. The van der Waals surface area contributed by atoms with Gasteiger partial charge in [0.25, 0.3) is 5.56 Å².